The summed E-state index contributed by atoms with van der Waals surface area (Å²) in [6, 6.07) is 5.55. The van der Waals surface area contributed by atoms with Crippen LogP contribution in [0.4, 0.5) is 11.8 Å². The summed E-state index contributed by atoms with van der Waals surface area (Å²) < 4.78 is 0. The molecule has 0 aromatic carbocycles. The Balaban J connectivity index is 2.36. The minimum Gasteiger partial charge on any atom is -0.394 e. The van der Waals surface area contributed by atoms with Gasteiger partial charge in [-0.1, -0.05) is 0 Å². The fourth-order valence-corrected chi connectivity index (χ4v) is 1.57. The van der Waals surface area contributed by atoms with Crippen molar-refractivity contribution in [3.8, 4) is 11.3 Å². The van der Waals surface area contributed by atoms with Crippen LogP contribution < -0.4 is 10.6 Å². The van der Waals surface area contributed by atoms with Gasteiger partial charge >= 0.3 is 0 Å². The molecule has 0 aliphatic heterocycles. The van der Waals surface area contributed by atoms with E-state index >= 15 is 0 Å². The zero-order valence-electron chi connectivity index (χ0n) is 11.0. The summed E-state index contributed by atoms with van der Waals surface area (Å²) in [5.41, 5.74) is 1.70. The molecule has 0 unspecified atom stereocenters. The van der Waals surface area contributed by atoms with Crippen molar-refractivity contribution >= 4 is 11.8 Å². The molecule has 6 heteroatoms. The van der Waals surface area contributed by atoms with Crippen LogP contribution in [0.25, 0.3) is 11.3 Å². The van der Waals surface area contributed by atoms with Crippen molar-refractivity contribution in [2.75, 3.05) is 24.3 Å². The van der Waals surface area contributed by atoms with Gasteiger partial charge in [0.25, 0.3) is 0 Å². The van der Waals surface area contributed by atoms with Crippen molar-refractivity contribution in [3.05, 3.63) is 30.6 Å². The molecule has 3 N–H and O–H groups in total. The van der Waals surface area contributed by atoms with Gasteiger partial charge in [0.05, 0.1) is 12.3 Å². The summed E-state index contributed by atoms with van der Waals surface area (Å²) in [7, 11) is 1.80. The molecule has 0 spiro atoms. The fraction of sp³-hybridized carbons (Fsp3) is 0.308. The zero-order valence-corrected chi connectivity index (χ0v) is 11.0. The lowest BCUT2D eigenvalue weighted by Crippen LogP contribution is -2.21. The van der Waals surface area contributed by atoms with Crippen molar-refractivity contribution in [2.24, 2.45) is 0 Å². The average Bonchev–Trinajstić information content (AvgIpc) is 2.47. The molecule has 2 heterocycles. The van der Waals surface area contributed by atoms with Crippen molar-refractivity contribution in [1.29, 1.82) is 0 Å². The third-order valence-electron chi connectivity index (χ3n) is 2.59. The van der Waals surface area contributed by atoms with Crippen LogP contribution in [0.2, 0.25) is 0 Å². The highest BCUT2D eigenvalue weighted by atomic mass is 16.3. The second-order valence-corrected chi connectivity index (χ2v) is 4.18. The number of nitrogens with zero attached hydrogens (tertiary/aromatic N) is 3. The van der Waals surface area contributed by atoms with Crippen LogP contribution in [0.1, 0.15) is 6.92 Å². The number of nitrogens with one attached hydrogen (secondary N) is 2. The molecule has 0 saturated heterocycles. The molecule has 19 heavy (non-hydrogen) atoms. The molecule has 0 saturated carbocycles. The van der Waals surface area contributed by atoms with Crippen molar-refractivity contribution < 1.29 is 5.11 Å². The van der Waals surface area contributed by atoms with Crippen LogP contribution in [0.5, 0.6) is 0 Å². The molecule has 0 aliphatic carbocycles. The van der Waals surface area contributed by atoms with Gasteiger partial charge in [-0.05, 0) is 19.1 Å². The van der Waals surface area contributed by atoms with E-state index in [2.05, 4.69) is 25.6 Å². The Morgan fingerprint density at radius 1 is 1.37 bits per heavy atom. The lowest BCUT2D eigenvalue weighted by molar-refractivity contribution is 0.281. The summed E-state index contributed by atoms with van der Waals surface area (Å²) in [5, 5.41) is 15.1. The minimum absolute atomic E-state index is 0.0232. The average molecular weight is 259 g/mol. The second kappa shape index (κ2) is 6.10. The summed E-state index contributed by atoms with van der Waals surface area (Å²) in [4.78, 5) is 12.8. The first-order chi connectivity index (χ1) is 9.22. The largest absolute Gasteiger partial charge is 0.394 e. The fourth-order valence-electron chi connectivity index (χ4n) is 1.57. The smallest absolute Gasteiger partial charge is 0.225 e. The summed E-state index contributed by atoms with van der Waals surface area (Å²) in [5.74, 6) is 1.19. The zero-order chi connectivity index (χ0) is 13.7. The lowest BCUT2D eigenvalue weighted by Gasteiger charge is -2.13. The monoisotopic (exact) mass is 259 g/mol. The number of aromatic nitrogens is 3. The summed E-state index contributed by atoms with van der Waals surface area (Å²) in [6.45, 7) is 1.88. The van der Waals surface area contributed by atoms with Gasteiger partial charge < -0.3 is 15.7 Å². The quantitative estimate of drug-likeness (QED) is 0.752. The number of anilines is 2. The van der Waals surface area contributed by atoms with Gasteiger partial charge in [0.1, 0.15) is 5.82 Å². The predicted molar refractivity (Wildman–Crippen MR) is 75.0 cm³/mol. The van der Waals surface area contributed by atoms with E-state index in [9.17, 15) is 0 Å². The van der Waals surface area contributed by atoms with E-state index < -0.39 is 0 Å². The molecule has 2 aromatic heterocycles. The topological polar surface area (TPSA) is 83.0 Å². The van der Waals surface area contributed by atoms with Crippen LogP contribution >= 0.6 is 0 Å². The van der Waals surface area contributed by atoms with E-state index in [0.29, 0.717) is 11.8 Å². The first kappa shape index (κ1) is 13.2. The number of hydrogen-bond acceptors (Lipinski definition) is 6. The van der Waals surface area contributed by atoms with E-state index in [4.69, 9.17) is 5.11 Å². The molecular weight excluding hydrogens is 242 g/mol. The Kier molecular flexibility index (Phi) is 4.25. The van der Waals surface area contributed by atoms with E-state index in [1.54, 1.807) is 19.4 Å². The molecule has 100 valence electrons. The first-order valence-corrected chi connectivity index (χ1v) is 6.07. The van der Waals surface area contributed by atoms with Gasteiger partial charge in [-0.15, -0.1) is 0 Å². The van der Waals surface area contributed by atoms with E-state index in [1.807, 2.05) is 25.1 Å². The van der Waals surface area contributed by atoms with Crippen LogP contribution in [-0.2, 0) is 0 Å². The SMILES string of the molecule is CNc1cc(-c2cccnc2)nc(N[C@@H](C)CO)n1. The number of aliphatic hydroxyl groups excluding tert-OH is 1. The van der Waals surface area contributed by atoms with Crippen LogP contribution in [-0.4, -0.2) is 39.8 Å². The highest BCUT2D eigenvalue weighted by molar-refractivity contribution is 5.63. The predicted octanol–water partition coefficient (Wildman–Crippen LogP) is 1.37. The minimum atomic E-state index is -0.103. The maximum Gasteiger partial charge on any atom is 0.225 e. The molecule has 2 aromatic rings. The Morgan fingerprint density at radius 3 is 2.84 bits per heavy atom. The van der Waals surface area contributed by atoms with Crippen molar-refractivity contribution in [1.82, 2.24) is 15.0 Å². The van der Waals surface area contributed by atoms with Gasteiger partial charge in [0, 0.05) is 37.1 Å². The molecule has 6 nitrogen and oxygen atoms in total. The van der Waals surface area contributed by atoms with Crippen molar-refractivity contribution in [3.63, 3.8) is 0 Å². The highest BCUT2D eigenvalue weighted by Crippen LogP contribution is 2.20. The summed E-state index contributed by atoms with van der Waals surface area (Å²) in [6.07, 6.45) is 3.47. The van der Waals surface area contributed by atoms with Gasteiger partial charge in [0.15, 0.2) is 0 Å². The highest BCUT2D eigenvalue weighted by Gasteiger charge is 2.08. The van der Waals surface area contributed by atoms with Gasteiger partial charge in [-0.2, -0.15) is 4.98 Å². The van der Waals surface area contributed by atoms with Crippen LogP contribution in [0.15, 0.2) is 30.6 Å². The van der Waals surface area contributed by atoms with Crippen molar-refractivity contribution in [2.45, 2.75) is 13.0 Å². The maximum atomic E-state index is 9.07. The second-order valence-electron chi connectivity index (χ2n) is 4.18. The Morgan fingerprint density at radius 2 is 2.21 bits per heavy atom. The standard InChI is InChI=1S/C13H17N5O/c1-9(8-19)16-13-17-11(6-12(14-2)18-13)10-4-3-5-15-7-10/h3-7,9,19H,8H2,1-2H3,(H2,14,16,17,18)/t9-/m0/s1. The van der Waals surface area contributed by atoms with Gasteiger partial charge in [0.2, 0.25) is 5.95 Å². The van der Waals surface area contributed by atoms with E-state index in [-0.39, 0.29) is 12.6 Å². The third kappa shape index (κ3) is 3.38. The van der Waals surface area contributed by atoms with Gasteiger partial charge in [-0.25, -0.2) is 4.98 Å². The number of pyridine rings is 1. The number of rotatable bonds is 5. The molecule has 0 fully saturated rings. The number of hydrogen-bond donors (Lipinski definition) is 3. The molecule has 0 aliphatic rings. The molecule has 0 radical (unpaired) electrons. The Bertz CT molecular complexity index is 532. The Hall–Kier alpha value is -2.21. The third-order valence-corrected chi connectivity index (χ3v) is 2.59. The molecule has 0 amide bonds. The normalized spacial score (nSPS) is 11.9. The van der Waals surface area contributed by atoms with Crippen LogP contribution in [0, 0.1) is 0 Å². The van der Waals surface area contributed by atoms with Gasteiger partial charge in [-0.3, -0.25) is 4.98 Å². The summed E-state index contributed by atoms with van der Waals surface area (Å²) >= 11 is 0. The molecule has 0 bridgehead atoms. The van der Waals surface area contributed by atoms with E-state index in [0.717, 1.165) is 11.3 Å². The maximum absolute atomic E-state index is 9.07. The lowest BCUT2D eigenvalue weighted by atomic mass is 10.2. The molecular formula is C13H17N5O. The molecule has 1 atom stereocenters. The van der Waals surface area contributed by atoms with E-state index in [1.165, 1.54) is 0 Å². The Labute approximate surface area is 112 Å². The molecule has 2 rings (SSSR count). The first-order valence-electron chi connectivity index (χ1n) is 6.07. The van der Waals surface area contributed by atoms with Crippen LogP contribution in [0.3, 0.4) is 0 Å². The number of aliphatic hydroxyl groups is 1.